The van der Waals surface area contributed by atoms with E-state index in [-0.39, 0.29) is 5.56 Å². The average Bonchev–Trinajstić information content (AvgIpc) is 2.41. The van der Waals surface area contributed by atoms with E-state index < -0.39 is 5.97 Å². The number of nitrogens with one attached hydrogen (secondary N) is 1. The van der Waals surface area contributed by atoms with Crippen LogP contribution in [0.2, 0.25) is 5.02 Å². The number of methoxy groups -OCH3 is 1. The quantitative estimate of drug-likeness (QED) is 0.890. The zero-order chi connectivity index (χ0) is 14.7. The lowest BCUT2D eigenvalue weighted by Gasteiger charge is -2.13. The molecule has 4 nitrogen and oxygen atoms in total. The first-order chi connectivity index (χ1) is 9.51. The normalized spacial score (nSPS) is 10.2. The summed E-state index contributed by atoms with van der Waals surface area (Å²) in [6, 6.07) is 10.2. The average molecular weight is 292 g/mol. The first-order valence-corrected chi connectivity index (χ1v) is 6.33. The maximum absolute atomic E-state index is 10.9. The first kappa shape index (κ1) is 14.2. The monoisotopic (exact) mass is 291 g/mol. The number of halogens is 1. The predicted octanol–water partition coefficient (Wildman–Crippen LogP) is 4.10. The van der Waals surface area contributed by atoms with Crippen LogP contribution in [0.3, 0.4) is 0 Å². The number of aromatic carboxylic acids is 1. The Kier molecular flexibility index (Phi) is 4.15. The predicted molar refractivity (Wildman–Crippen MR) is 79.4 cm³/mol. The molecule has 2 rings (SSSR count). The smallest absolute Gasteiger partial charge is 0.335 e. The minimum absolute atomic E-state index is 0.256. The van der Waals surface area contributed by atoms with Crippen molar-refractivity contribution in [3.05, 3.63) is 52.5 Å². The van der Waals surface area contributed by atoms with E-state index in [0.29, 0.717) is 10.8 Å². The van der Waals surface area contributed by atoms with Gasteiger partial charge in [0.15, 0.2) is 0 Å². The maximum Gasteiger partial charge on any atom is 0.335 e. The summed E-state index contributed by atoms with van der Waals surface area (Å²) in [4.78, 5) is 10.9. The number of hydrogen-bond acceptors (Lipinski definition) is 3. The summed E-state index contributed by atoms with van der Waals surface area (Å²) >= 11 is 5.97. The highest BCUT2D eigenvalue weighted by Crippen LogP contribution is 2.31. The molecule has 2 aromatic rings. The molecule has 0 saturated heterocycles. The Morgan fingerprint density at radius 2 is 1.95 bits per heavy atom. The largest absolute Gasteiger partial charge is 0.495 e. The molecule has 0 aliphatic heterocycles. The second kappa shape index (κ2) is 5.84. The Balaban J connectivity index is 2.35. The van der Waals surface area contributed by atoms with E-state index in [1.165, 1.54) is 0 Å². The van der Waals surface area contributed by atoms with E-state index in [0.717, 1.165) is 16.9 Å². The summed E-state index contributed by atoms with van der Waals surface area (Å²) < 4.78 is 5.26. The molecule has 0 unspecified atom stereocenters. The summed E-state index contributed by atoms with van der Waals surface area (Å²) in [5.41, 5.74) is 2.61. The highest BCUT2D eigenvalue weighted by Gasteiger charge is 2.08. The molecule has 0 aliphatic rings. The molecule has 2 aromatic carbocycles. The van der Waals surface area contributed by atoms with E-state index in [2.05, 4.69) is 5.32 Å². The number of anilines is 2. The fraction of sp³-hybridized carbons (Fsp3) is 0.133. The first-order valence-electron chi connectivity index (χ1n) is 5.96. The molecule has 0 fully saturated rings. The van der Waals surface area contributed by atoms with Gasteiger partial charge in [-0.3, -0.25) is 0 Å². The van der Waals surface area contributed by atoms with Crippen LogP contribution in [0.1, 0.15) is 15.9 Å². The molecule has 0 amide bonds. The lowest BCUT2D eigenvalue weighted by Crippen LogP contribution is -2.00. The van der Waals surface area contributed by atoms with Crippen LogP contribution < -0.4 is 10.1 Å². The number of carboxylic acids is 1. The Hall–Kier alpha value is -2.20. The van der Waals surface area contributed by atoms with Crippen LogP contribution in [0.4, 0.5) is 11.4 Å². The number of ether oxygens (including phenoxy) is 1. The van der Waals surface area contributed by atoms with Gasteiger partial charge in [0.2, 0.25) is 0 Å². The van der Waals surface area contributed by atoms with Gasteiger partial charge in [-0.05, 0) is 48.9 Å². The topological polar surface area (TPSA) is 58.6 Å². The van der Waals surface area contributed by atoms with Gasteiger partial charge in [-0.2, -0.15) is 0 Å². The van der Waals surface area contributed by atoms with Gasteiger partial charge < -0.3 is 15.2 Å². The van der Waals surface area contributed by atoms with Gasteiger partial charge >= 0.3 is 5.97 Å². The minimum Gasteiger partial charge on any atom is -0.495 e. The Labute approximate surface area is 122 Å². The number of aryl methyl sites for hydroxylation is 1. The van der Waals surface area contributed by atoms with Crippen molar-refractivity contribution in [2.24, 2.45) is 0 Å². The van der Waals surface area contributed by atoms with Crippen LogP contribution in [0.5, 0.6) is 5.75 Å². The molecule has 0 atom stereocenters. The number of carboxylic acid groups (broad SMARTS) is 1. The molecule has 0 aromatic heterocycles. The van der Waals surface area contributed by atoms with Crippen molar-refractivity contribution in [2.45, 2.75) is 6.92 Å². The van der Waals surface area contributed by atoms with Crippen LogP contribution in [0.25, 0.3) is 0 Å². The van der Waals surface area contributed by atoms with Crippen molar-refractivity contribution in [1.29, 1.82) is 0 Å². The van der Waals surface area contributed by atoms with Crippen molar-refractivity contribution in [3.63, 3.8) is 0 Å². The molecule has 0 saturated carbocycles. The van der Waals surface area contributed by atoms with Crippen LogP contribution in [-0.2, 0) is 0 Å². The van der Waals surface area contributed by atoms with Crippen molar-refractivity contribution in [1.82, 2.24) is 0 Å². The molecule has 104 valence electrons. The van der Waals surface area contributed by atoms with E-state index in [1.807, 2.05) is 6.92 Å². The van der Waals surface area contributed by atoms with Crippen molar-refractivity contribution in [3.8, 4) is 5.75 Å². The molecule has 0 bridgehead atoms. The third-order valence-electron chi connectivity index (χ3n) is 2.90. The summed E-state index contributed by atoms with van der Waals surface area (Å²) in [5, 5.41) is 12.7. The number of rotatable bonds is 4. The molecule has 0 spiro atoms. The highest BCUT2D eigenvalue weighted by molar-refractivity contribution is 6.31. The standard InChI is InChI=1S/C15H14ClNO3/c1-9-7-10(15(18)19)3-5-12(9)17-13-8-11(16)4-6-14(13)20-2/h3-8,17H,1-2H3,(H,18,19). The van der Waals surface area contributed by atoms with Gasteiger partial charge in [0.1, 0.15) is 5.75 Å². The van der Waals surface area contributed by atoms with E-state index in [4.69, 9.17) is 21.4 Å². The lowest BCUT2D eigenvalue weighted by molar-refractivity contribution is 0.0697. The van der Waals surface area contributed by atoms with Crippen LogP contribution in [0, 0.1) is 6.92 Å². The third-order valence-corrected chi connectivity index (χ3v) is 3.14. The van der Waals surface area contributed by atoms with Gasteiger partial charge in [0.25, 0.3) is 0 Å². The zero-order valence-corrected chi connectivity index (χ0v) is 11.9. The molecule has 20 heavy (non-hydrogen) atoms. The number of benzene rings is 2. The summed E-state index contributed by atoms with van der Waals surface area (Å²) in [6.07, 6.45) is 0. The highest BCUT2D eigenvalue weighted by atomic mass is 35.5. The van der Waals surface area contributed by atoms with Crippen LogP contribution >= 0.6 is 11.6 Å². The maximum atomic E-state index is 10.9. The van der Waals surface area contributed by atoms with Gasteiger partial charge in [-0.1, -0.05) is 11.6 Å². The van der Waals surface area contributed by atoms with Gasteiger partial charge in [-0.25, -0.2) is 4.79 Å². The van der Waals surface area contributed by atoms with E-state index in [1.54, 1.807) is 43.5 Å². The van der Waals surface area contributed by atoms with Crippen molar-refractivity contribution < 1.29 is 14.6 Å². The van der Waals surface area contributed by atoms with Crippen molar-refractivity contribution in [2.75, 3.05) is 12.4 Å². The molecule has 2 N–H and O–H groups in total. The molecule has 0 radical (unpaired) electrons. The Morgan fingerprint density at radius 3 is 2.55 bits per heavy atom. The van der Waals surface area contributed by atoms with Crippen molar-refractivity contribution >= 4 is 28.9 Å². The van der Waals surface area contributed by atoms with Crippen LogP contribution in [0.15, 0.2) is 36.4 Å². The molecule has 0 heterocycles. The Morgan fingerprint density at radius 1 is 1.20 bits per heavy atom. The SMILES string of the molecule is COc1ccc(Cl)cc1Nc1ccc(C(=O)O)cc1C. The Bertz CT molecular complexity index is 656. The lowest BCUT2D eigenvalue weighted by atomic mass is 10.1. The van der Waals surface area contributed by atoms with Gasteiger partial charge in [0.05, 0.1) is 18.4 Å². The second-order valence-corrected chi connectivity index (χ2v) is 4.74. The molecule has 5 heteroatoms. The molecular formula is C15H14ClNO3. The minimum atomic E-state index is -0.944. The summed E-state index contributed by atoms with van der Waals surface area (Å²) in [6.45, 7) is 1.84. The van der Waals surface area contributed by atoms with Gasteiger partial charge in [0, 0.05) is 10.7 Å². The molecule has 0 aliphatic carbocycles. The third kappa shape index (κ3) is 3.03. The second-order valence-electron chi connectivity index (χ2n) is 4.30. The summed E-state index contributed by atoms with van der Waals surface area (Å²) in [7, 11) is 1.58. The zero-order valence-electron chi connectivity index (χ0n) is 11.1. The van der Waals surface area contributed by atoms with E-state index in [9.17, 15) is 4.79 Å². The van der Waals surface area contributed by atoms with E-state index >= 15 is 0 Å². The number of hydrogen-bond donors (Lipinski definition) is 2. The fourth-order valence-electron chi connectivity index (χ4n) is 1.86. The molecular weight excluding hydrogens is 278 g/mol. The fourth-order valence-corrected chi connectivity index (χ4v) is 2.03. The van der Waals surface area contributed by atoms with Crippen LogP contribution in [-0.4, -0.2) is 18.2 Å². The summed E-state index contributed by atoms with van der Waals surface area (Å²) in [5.74, 6) is -0.281. The van der Waals surface area contributed by atoms with Gasteiger partial charge in [-0.15, -0.1) is 0 Å². The number of carbonyl (C=O) groups is 1.